The number of nitriles is 1. The third-order valence-corrected chi connectivity index (χ3v) is 2.61. The third kappa shape index (κ3) is 3.77. The number of hydrogen-bond acceptors (Lipinski definition) is 4. The molecule has 0 saturated heterocycles. The molecule has 0 saturated carbocycles. The second-order valence-corrected chi connectivity index (χ2v) is 4.19. The van der Waals surface area contributed by atoms with Crippen LogP contribution in [0.3, 0.4) is 0 Å². The molecule has 0 bridgehead atoms. The van der Waals surface area contributed by atoms with Gasteiger partial charge >= 0.3 is 5.97 Å². The maximum atomic E-state index is 11.6. The lowest BCUT2D eigenvalue weighted by atomic mass is 10.1. The molecule has 0 N–H and O–H groups in total. The second kappa shape index (κ2) is 6.65. The Labute approximate surface area is 107 Å². The average molecular weight is 247 g/mol. The van der Waals surface area contributed by atoms with Gasteiger partial charge in [0, 0.05) is 12.0 Å². The van der Waals surface area contributed by atoms with Crippen molar-refractivity contribution in [3.63, 3.8) is 0 Å². The monoisotopic (exact) mass is 247 g/mol. The molecule has 1 unspecified atom stereocenters. The SMILES string of the molecule is COc1ccc(C)cc1COC(=O)C(C)CC#N. The molecular weight excluding hydrogens is 230 g/mol. The zero-order valence-electron chi connectivity index (χ0n) is 10.9. The van der Waals surface area contributed by atoms with Crippen molar-refractivity contribution < 1.29 is 14.3 Å². The van der Waals surface area contributed by atoms with E-state index < -0.39 is 5.92 Å². The van der Waals surface area contributed by atoms with E-state index in [0.717, 1.165) is 11.1 Å². The molecule has 0 radical (unpaired) electrons. The molecule has 4 nitrogen and oxygen atoms in total. The van der Waals surface area contributed by atoms with Crippen LogP contribution in [0.15, 0.2) is 18.2 Å². The van der Waals surface area contributed by atoms with Crippen LogP contribution in [-0.2, 0) is 16.1 Å². The minimum atomic E-state index is -0.397. The number of carbonyl (C=O) groups excluding carboxylic acids is 1. The van der Waals surface area contributed by atoms with E-state index in [2.05, 4.69) is 0 Å². The van der Waals surface area contributed by atoms with Crippen LogP contribution in [-0.4, -0.2) is 13.1 Å². The summed E-state index contributed by atoms with van der Waals surface area (Å²) in [6.45, 7) is 3.81. The molecule has 1 atom stereocenters. The van der Waals surface area contributed by atoms with Crippen molar-refractivity contribution in [3.05, 3.63) is 29.3 Å². The number of nitrogens with zero attached hydrogens (tertiary/aromatic N) is 1. The molecule has 1 aromatic rings. The molecule has 0 aliphatic carbocycles. The van der Waals surface area contributed by atoms with Gasteiger partial charge in [-0.1, -0.05) is 18.6 Å². The van der Waals surface area contributed by atoms with E-state index in [1.54, 1.807) is 14.0 Å². The van der Waals surface area contributed by atoms with Gasteiger partial charge < -0.3 is 9.47 Å². The van der Waals surface area contributed by atoms with E-state index >= 15 is 0 Å². The highest BCUT2D eigenvalue weighted by Crippen LogP contribution is 2.21. The highest BCUT2D eigenvalue weighted by molar-refractivity contribution is 5.72. The summed E-state index contributed by atoms with van der Waals surface area (Å²) in [4.78, 5) is 11.6. The summed E-state index contributed by atoms with van der Waals surface area (Å²) in [5.74, 6) is -0.0627. The van der Waals surface area contributed by atoms with E-state index in [4.69, 9.17) is 14.7 Å². The third-order valence-electron chi connectivity index (χ3n) is 2.61. The number of esters is 1. The van der Waals surface area contributed by atoms with Crippen molar-refractivity contribution in [2.24, 2.45) is 5.92 Å². The smallest absolute Gasteiger partial charge is 0.310 e. The van der Waals surface area contributed by atoms with Crippen LogP contribution < -0.4 is 4.74 Å². The minimum absolute atomic E-state index is 0.166. The van der Waals surface area contributed by atoms with E-state index in [-0.39, 0.29) is 19.0 Å². The van der Waals surface area contributed by atoms with Gasteiger partial charge in [0.1, 0.15) is 12.4 Å². The maximum absolute atomic E-state index is 11.6. The predicted molar refractivity (Wildman–Crippen MR) is 66.9 cm³/mol. The number of rotatable bonds is 5. The molecule has 1 rings (SSSR count). The Morgan fingerprint density at radius 1 is 1.50 bits per heavy atom. The molecule has 0 fully saturated rings. The first-order chi connectivity index (χ1) is 8.58. The molecule has 96 valence electrons. The lowest BCUT2D eigenvalue weighted by Gasteiger charge is -2.12. The Morgan fingerprint density at radius 2 is 2.22 bits per heavy atom. The normalized spacial score (nSPS) is 11.4. The van der Waals surface area contributed by atoms with Crippen LogP contribution >= 0.6 is 0 Å². The van der Waals surface area contributed by atoms with Crippen LogP contribution in [0.25, 0.3) is 0 Å². The molecule has 0 aliphatic rings. The fourth-order valence-electron chi connectivity index (χ4n) is 1.53. The maximum Gasteiger partial charge on any atom is 0.310 e. The van der Waals surface area contributed by atoms with Crippen molar-refractivity contribution in [2.75, 3.05) is 7.11 Å². The first-order valence-corrected chi connectivity index (χ1v) is 5.75. The topological polar surface area (TPSA) is 59.3 Å². The fraction of sp³-hybridized carbons (Fsp3) is 0.429. The summed E-state index contributed by atoms with van der Waals surface area (Å²) in [5, 5.41) is 8.51. The van der Waals surface area contributed by atoms with Gasteiger partial charge in [0.05, 0.1) is 19.1 Å². The van der Waals surface area contributed by atoms with Crippen LogP contribution in [0.2, 0.25) is 0 Å². The number of ether oxygens (including phenoxy) is 2. The molecule has 0 spiro atoms. The van der Waals surface area contributed by atoms with Gasteiger partial charge in [0.25, 0.3) is 0 Å². The highest BCUT2D eigenvalue weighted by atomic mass is 16.5. The molecule has 1 aromatic carbocycles. The Hall–Kier alpha value is -2.02. The van der Waals surface area contributed by atoms with E-state index in [9.17, 15) is 4.79 Å². The zero-order valence-corrected chi connectivity index (χ0v) is 10.9. The van der Waals surface area contributed by atoms with E-state index in [0.29, 0.717) is 5.75 Å². The fourth-order valence-corrected chi connectivity index (χ4v) is 1.53. The zero-order chi connectivity index (χ0) is 13.5. The summed E-state index contributed by atoms with van der Waals surface area (Å²) in [6.07, 6.45) is 0.170. The van der Waals surface area contributed by atoms with Gasteiger partial charge in [-0.3, -0.25) is 4.79 Å². The van der Waals surface area contributed by atoms with Gasteiger partial charge in [-0.05, 0) is 19.1 Å². The number of benzene rings is 1. The quantitative estimate of drug-likeness (QED) is 0.750. The predicted octanol–water partition coefficient (Wildman–Crippen LogP) is 2.60. The van der Waals surface area contributed by atoms with Crippen molar-refractivity contribution in [2.45, 2.75) is 26.9 Å². The van der Waals surface area contributed by atoms with Crippen LogP contribution in [0.4, 0.5) is 0 Å². The largest absolute Gasteiger partial charge is 0.496 e. The lowest BCUT2D eigenvalue weighted by molar-refractivity contribution is -0.149. The van der Waals surface area contributed by atoms with Crippen LogP contribution in [0, 0.1) is 24.2 Å². The number of aryl methyl sites for hydroxylation is 1. The Bertz CT molecular complexity index is 463. The van der Waals surface area contributed by atoms with Crippen molar-refractivity contribution in [3.8, 4) is 11.8 Å². The highest BCUT2D eigenvalue weighted by Gasteiger charge is 2.15. The molecule has 0 aromatic heterocycles. The molecule has 18 heavy (non-hydrogen) atoms. The molecule has 0 amide bonds. The summed E-state index contributed by atoms with van der Waals surface area (Å²) < 4.78 is 10.4. The lowest BCUT2D eigenvalue weighted by Crippen LogP contribution is -2.14. The van der Waals surface area contributed by atoms with Crippen LogP contribution in [0.5, 0.6) is 5.75 Å². The van der Waals surface area contributed by atoms with E-state index in [1.807, 2.05) is 31.2 Å². The average Bonchev–Trinajstić information content (AvgIpc) is 2.36. The Kier molecular flexibility index (Phi) is 5.19. The first kappa shape index (κ1) is 14.0. The Balaban J connectivity index is 2.66. The van der Waals surface area contributed by atoms with Gasteiger partial charge in [-0.25, -0.2) is 0 Å². The van der Waals surface area contributed by atoms with Crippen molar-refractivity contribution >= 4 is 5.97 Å². The number of hydrogen-bond donors (Lipinski definition) is 0. The second-order valence-electron chi connectivity index (χ2n) is 4.19. The molecule has 0 heterocycles. The summed E-state index contributed by atoms with van der Waals surface area (Å²) in [5.41, 5.74) is 1.90. The standard InChI is InChI=1S/C14H17NO3/c1-10-4-5-13(17-3)12(8-10)9-18-14(16)11(2)6-7-15/h4-5,8,11H,6,9H2,1-3H3. The van der Waals surface area contributed by atoms with Crippen molar-refractivity contribution in [1.29, 1.82) is 5.26 Å². The van der Waals surface area contributed by atoms with Gasteiger partial charge in [0.15, 0.2) is 0 Å². The molecule has 0 aliphatic heterocycles. The molecule has 4 heteroatoms. The van der Waals surface area contributed by atoms with Gasteiger partial charge in [-0.2, -0.15) is 5.26 Å². The molecular formula is C14H17NO3. The first-order valence-electron chi connectivity index (χ1n) is 5.75. The number of methoxy groups -OCH3 is 1. The summed E-state index contributed by atoms with van der Waals surface area (Å²) in [6, 6.07) is 7.65. The van der Waals surface area contributed by atoms with Gasteiger partial charge in [-0.15, -0.1) is 0 Å². The Morgan fingerprint density at radius 3 is 2.83 bits per heavy atom. The van der Waals surface area contributed by atoms with Gasteiger partial charge in [0.2, 0.25) is 0 Å². The summed E-state index contributed by atoms with van der Waals surface area (Å²) >= 11 is 0. The summed E-state index contributed by atoms with van der Waals surface area (Å²) in [7, 11) is 1.58. The van der Waals surface area contributed by atoms with E-state index in [1.165, 1.54) is 0 Å². The van der Waals surface area contributed by atoms with Crippen LogP contribution in [0.1, 0.15) is 24.5 Å². The van der Waals surface area contributed by atoms with Crippen molar-refractivity contribution in [1.82, 2.24) is 0 Å². The number of carbonyl (C=O) groups is 1. The minimum Gasteiger partial charge on any atom is -0.496 e.